The number of rotatable bonds is 10. The normalized spacial score (nSPS) is 19.6. The minimum atomic E-state index is -2.72. The van der Waals surface area contributed by atoms with Crippen LogP contribution in [0.3, 0.4) is 0 Å². The fourth-order valence-corrected chi connectivity index (χ4v) is 5.34. The number of alkyl halides is 2. The molecule has 1 saturated carbocycles. The van der Waals surface area contributed by atoms with Gasteiger partial charge in [-0.25, -0.2) is 23.8 Å². The Kier molecular flexibility index (Phi) is 6.84. The molecular formula is C26H34F2N8O2S. The van der Waals surface area contributed by atoms with E-state index in [1.54, 1.807) is 0 Å². The van der Waals surface area contributed by atoms with E-state index in [9.17, 15) is 8.78 Å². The number of hydrogen-bond acceptors (Lipinski definition) is 8. The number of anilines is 2. The molecule has 13 heteroatoms. The van der Waals surface area contributed by atoms with E-state index in [1.165, 1.54) is 10.7 Å². The summed E-state index contributed by atoms with van der Waals surface area (Å²) in [6, 6.07) is 7.95. The third-order valence-electron chi connectivity index (χ3n) is 7.08. The highest BCUT2D eigenvalue weighted by Crippen LogP contribution is 2.56. The molecule has 0 amide bonds. The van der Waals surface area contributed by atoms with E-state index in [0.29, 0.717) is 69.3 Å². The molecule has 1 aliphatic heterocycles. The first-order chi connectivity index (χ1) is 18.7. The summed E-state index contributed by atoms with van der Waals surface area (Å²) >= 11 is 0. The van der Waals surface area contributed by atoms with E-state index in [-0.39, 0.29) is 6.42 Å². The van der Waals surface area contributed by atoms with Crippen molar-refractivity contribution in [2.24, 2.45) is 0 Å². The third-order valence-corrected chi connectivity index (χ3v) is 8.47. The summed E-state index contributed by atoms with van der Waals surface area (Å²) in [5.74, 6) is -0.890. The fourth-order valence-electron chi connectivity index (χ4n) is 4.73. The highest BCUT2D eigenvalue weighted by molar-refractivity contribution is 8.32. The van der Waals surface area contributed by atoms with Crippen LogP contribution in [0.1, 0.15) is 23.7 Å². The molecule has 1 aliphatic carbocycles. The largest absolute Gasteiger partial charge is 0.378 e. The second-order valence-electron chi connectivity index (χ2n) is 10.9. The van der Waals surface area contributed by atoms with Gasteiger partial charge in [-0.2, -0.15) is 19.6 Å². The zero-order chi connectivity index (χ0) is 27.2. The molecule has 0 bridgehead atoms. The summed E-state index contributed by atoms with van der Waals surface area (Å²) < 4.78 is 43.1. The second kappa shape index (κ2) is 10.2. The summed E-state index contributed by atoms with van der Waals surface area (Å²) in [5, 5.41) is 7.76. The van der Waals surface area contributed by atoms with Crippen molar-refractivity contribution in [3.63, 3.8) is 0 Å². The monoisotopic (exact) mass is 560 g/mol. The smallest absolute Gasteiger partial charge is 0.256 e. The van der Waals surface area contributed by atoms with Gasteiger partial charge in [0, 0.05) is 30.8 Å². The van der Waals surface area contributed by atoms with Crippen molar-refractivity contribution in [1.29, 1.82) is 0 Å². The molecule has 1 unspecified atom stereocenters. The lowest BCUT2D eigenvalue weighted by Gasteiger charge is -2.27. The number of benzene rings is 1. The van der Waals surface area contributed by atoms with Crippen molar-refractivity contribution >= 4 is 38.6 Å². The van der Waals surface area contributed by atoms with Gasteiger partial charge in [0.25, 0.3) is 5.92 Å². The molecule has 1 aromatic carbocycles. The van der Waals surface area contributed by atoms with Crippen LogP contribution in [0.2, 0.25) is 0 Å². The Morgan fingerprint density at radius 1 is 1.13 bits per heavy atom. The average Bonchev–Trinajstić information content (AvgIpc) is 3.23. The van der Waals surface area contributed by atoms with Gasteiger partial charge in [0.05, 0.1) is 49.5 Å². The van der Waals surface area contributed by atoms with Crippen molar-refractivity contribution in [2.75, 3.05) is 67.6 Å². The number of aromatic nitrogens is 6. The van der Waals surface area contributed by atoms with E-state index in [4.69, 9.17) is 19.4 Å². The molecule has 0 spiro atoms. The number of nitrogens with one attached hydrogen (secondary N) is 1. The van der Waals surface area contributed by atoms with E-state index in [1.807, 2.05) is 29.2 Å². The van der Waals surface area contributed by atoms with Gasteiger partial charge in [-0.15, -0.1) is 0 Å². The van der Waals surface area contributed by atoms with Gasteiger partial charge in [0.2, 0.25) is 11.9 Å². The van der Waals surface area contributed by atoms with Crippen LogP contribution in [0.15, 0.2) is 30.5 Å². The fraction of sp³-hybridized carbons (Fsp3) is 0.538. The van der Waals surface area contributed by atoms with Crippen LogP contribution in [0.4, 0.5) is 20.7 Å². The van der Waals surface area contributed by atoms with Crippen molar-refractivity contribution < 1.29 is 18.3 Å². The Bertz CT molecular complexity index is 1480. The predicted octanol–water partition coefficient (Wildman–Crippen LogP) is 3.71. The van der Waals surface area contributed by atoms with Crippen LogP contribution in [-0.4, -0.2) is 92.5 Å². The van der Waals surface area contributed by atoms with E-state index < -0.39 is 21.9 Å². The minimum Gasteiger partial charge on any atom is -0.378 e. The van der Waals surface area contributed by atoms with Crippen molar-refractivity contribution in [1.82, 2.24) is 29.1 Å². The van der Waals surface area contributed by atoms with Gasteiger partial charge in [-0.05, 0) is 30.9 Å². The molecular weight excluding hydrogens is 526 g/mol. The Morgan fingerprint density at radius 3 is 2.64 bits per heavy atom. The Labute approximate surface area is 227 Å². The first kappa shape index (κ1) is 26.2. The number of nitrogens with zero attached hydrogens (tertiary/aromatic N) is 7. The lowest BCUT2D eigenvalue weighted by molar-refractivity contribution is 0.0905. The number of ether oxygens (including phenoxy) is 2. The topological polar surface area (TPSA) is 94.6 Å². The molecule has 2 fully saturated rings. The third kappa shape index (κ3) is 5.52. The van der Waals surface area contributed by atoms with Gasteiger partial charge < -0.3 is 24.3 Å². The number of hydrogen-bond donors (Lipinski definition) is 1. The number of imidazole rings is 1. The van der Waals surface area contributed by atoms with Gasteiger partial charge >= 0.3 is 0 Å². The maximum Gasteiger partial charge on any atom is 0.256 e. The van der Waals surface area contributed by atoms with Crippen LogP contribution in [-0.2, 0) is 22.7 Å². The van der Waals surface area contributed by atoms with Crippen LogP contribution in [0, 0.1) is 0 Å². The lowest BCUT2D eigenvalue weighted by Crippen LogP contribution is -2.37. The summed E-state index contributed by atoms with van der Waals surface area (Å²) in [4.78, 5) is 16.3. The van der Waals surface area contributed by atoms with Crippen LogP contribution in [0.5, 0.6) is 0 Å². The van der Waals surface area contributed by atoms with Crippen LogP contribution >= 0.6 is 10.0 Å². The highest BCUT2D eigenvalue weighted by atomic mass is 32.3. The summed E-state index contributed by atoms with van der Waals surface area (Å²) in [6.07, 6.45) is 8.13. The maximum atomic E-state index is 14.0. The quantitative estimate of drug-likeness (QED) is 0.294. The maximum absolute atomic E-state index is 14.0. The van der Waals surface area contributed by atoms with Gasteiger partial charge in [0.15, 0.2) is 5.65 Å². The van der Waals surface area contributed by atoms with E-state index in [0.717, 1.165) is 22.6 Å². The molecule has 210 valence electrons. The second-order valence-corrected chi connectivity index (χ2v) is 15.5. The summed E-state index contributed by atoms with van der Waals surface area (Å²) in [7, 11) is -0.650. The highest BCUT2D eigenvalue weighted by Gasteiger charge is 2.59. The molecule has 3 aromatic heterocycles. The zero-order valence-electron chi connectivity index (χ0n) is 22.4. The molecule has 10 nitrogen and oxygen atoms in total. The minimum absolute atomic E-state index is 0.186. The first-order valence-corrected chi connectivity index (χ1v) is 16.1. The average molecular weight is 561 g/mol. The van der Waals surface area contributed by atoms with Crippen LogP contribution < -0.4 is 10.2 Å². The predicted molar refractivity (Wildman–Crippen MR) is 149 cm³/mol. The Hall–Kier alpha value is -3.03. The van der Waals surface area contributed by atoms with Crippen molar-refractivity contribution in [3.8, 4) is 0 Å². The SMILES string of the molecule is CS(C)(C)CCOCn1c(CNc2nc(N3CCOCC3)nc3c(C4CC4(F)F)cnn23)nc2ccccc21. The lowest BCUT2D eigenvalue weighted by atomic mass is 10.2. The van der Waals surface area contributed by atoms with Gasteiger partial charge in [0.1, 0.15) is 12.6 Å². The Balaban J connectivity index is 1.30. The Morgan fingerprint density at radius 2 is 1.90 bits per heavy atom. The number of halogens is 2. The van der Waals surface area contributed by atoms with Gasteiger partial charge in [-0.3, -0.25) is 0 Å². The number of fused-ring (bicyclic) bond motifs is 2. The van der Waals surface area contributed by atoms with Crippen LogP contribution in [0.25, 0.3) is 16.7 Å². The summed E-state index contributed by atoms with van der Waals surface area (Å²) in [6.45, 7) is 3.77. The standard InChI is InChI=1S/C26H34F2N8O2S/c1-39(2,3)13-12-38-17-35-21-7-5-4-6-20(21)31-22(35)16-29-24-33-25(34-8-10-37-11-9-34)32-23-18(15-30-36(23)24)19-14-26(19,27)28/h4-7,15,19H,8-14,16-17H2,1-3H3,(H,29,32,33). The molecule has 1 N–H and O–H groups in total. The van der Waals surface area contributed by atoms with Crippen molar-refractivity contribution in [3.05, 3.63) is 41.9 Å². The van der Waals surface area contributed by atoms with Gasteiger partial charge in [-0.1, -0.05) is 12.1 Å². The number of morpholine rings is 1. The molecule has 1 atom stereocenters. The molecule has 4 aromatic rings. The molecule has 1 saturated heterocycles. The molecule has 2 aliphatic rings. The molecule has 4 heterocycles. The molecule has 39 heavy (non-hydrogen) atoms. The summed E-state index contributed by atoms with van der Waals surface area (Å²) in [5.41, 5.74) is 2.70. The van der Waals surface area contributed by atoms with E-state index in [2.05, 4.69) is 38.7 Å². The van der Waals surface area contributed by atoms with E-state index >= 15 is 0 Å². The zero-order valence-corrected chi connectivity index (χ0v) is 23.3. The molecule has 0 radical (unpaired) electrons. The number of para-hydroxylation sites is 2. The van der Waals surface area contributed by atoms with Crippen molar-refractivity contribution in [2.45, 2.75) is 31.5 Å². The molecule has 6 rings (SSSR count). The first-order valence-electron chi connectivity index (χ1n) is 13.1.